The van der Waals surface area contributed by atoms with E-state index in [4.69, 9.17) is 22.1 Å². The Hall–Kier alpha value is -1.59. The van der Waals surface area contributed by atoms with Crippen molar-refractivity contribution in [2.24, 2.45) is 5.73 Å². The van der Waals surface area contributed by atoms with E-state index in [9.17, 15) is 9.59 Å². The van der Waals surface area contributed by atoms with Gasteiger partial charge in [-0.05, 0) is 25.5 Å². The van der Waals surface area contributed by atoms with E-state index < -0.39 is 17.4 Å². The van der Waals surface area contributed by atoms with Crippen molar-refractivity contribution in [2.45, 2.75) is 25.4 Å². The van der Waals surface area contributed by atoms with E-state index in [0.29, 0.717) is 18.2 Å². The smallest absolute Gasteiger partial charge is 0.248 e. The monoisotopic (exact) mass is 310 g/mol. The van der Waals surface area contributed by atoms with Gasteiger partial charge in [0.25, 0.3) is 0 Å². The number of morpholine rings is 1. The highest BCUT2D eigenvalue weighted by Gasteiger charge is 2.38. The molecule has 1 aromatic rings. The van der Waals surface area contributed by atoms with Crippen LogP contribution in [-0.2, 0) is 19.7 Å². The first-order chi connectivity index (χ1) is 9.84. The Balaban J connectivity index is 2.22. The summed E-state index contributed by atoms with van der Waals surface area (Å²) in [5.41, 5.74) is 5.23. The number of primary amides is 1. The van der Waals surface area contributed by atoms with E-state index in [1.54, 1.807) is 11.0 Å². The zero-order valence-electron chi connectivity index (χ0n) is 12.1. The van der Waals surface area contributed by atoms with Crippen molar-refractivity contribution < 1.29 is 14.3 Å². The maximum absolute atomic E-state index is 12.8. The van der Waals surface area contributed by atoms with Crippen molar-refractivity contribution in [3.63, 3.8) is 0 Å². The molecule has 0 bridgehead atoms. The lowest BCUT2D eigenvalue weighted by Gasteiger charge is -2.37. The number of hydrogen-bond donors (Lipinski definition) is 1. The van der Waals surface area contributed by atoms with Crippen LogP contribution in [0.5, 0.6) is 0 Å². The molecule has 1 aromatic carbocycles. The standard InChI is InChI=1S/C15H19ClN2O3/c1-15(2,10-5-3-4-6-11(10)16)14(20)18-7-8-21-12(9-18)13(17)19/h3-6,12H,7-9H2,1-2H3,(H2,17,19)/t12-/m0/s1. The lowest BCUT2D eigenvalue weighted by Crippen LogP contribution is -2.54. The molecule has 21 heavy (non-hydrogen) atoms. The molecule has 0 spiro atoms. The van der Waals surface area contributed by atoms with E-state index in [0.717, 1.165) is 5.56 Å². The minimum absolute atomic E-state index is 0.0925. The van der Waals surface area contributed by atoms with Crippen LogP contribution in [0.3, 0.4) is 0 Å². The second-order valence-electron chi connectivity index (χ2n) is 5.62. The van der Waals surface area contributed by atoms with Crippen molar-refractivity contribution in [3.8, 4) is 0 Å². The van der Waals surface area contributed by atoms with Crippen molar-refractivity contribution in [3.05, 3.63) is 34.9 Å². The topological polar surface area (TPSA) is 72.6 Å². The number of amides is 2. The highest BCUT2D eigenvalue weighted by Crippen LogP contribution is 2.31. The Morgan fingerprint density at radius 2 is 2.05 bits per heavy atom. The average Bonchev–Trinajstić information content (AvgIpc) is 2.46. The summed E-state index contributed by atoms with van der Waals surface area (Å²) >= 11 is 6.20. The quantitative estimate of drug-likeness (QED) is 0.915. The van der Waals surface area contributed by atoms with Gasteiger partial charge in [0.2, 0.25) is 11.8 Å². The highest BCUT2D eigenvalue weighted by atomic mass is 35.5. The van der Waals surface area contributed by atoms with E-state index >= 15 is 0 Å². The van der Waals surface area contributed by atoms with Gasteiger partial charge in [-0.25, -0.2) is 0 Å². The molecule has 2 N–H and O–H groups in total. The summed E-state index contributed by atoms with van der Waals surface area (Å²) in [5, 5.41) is 0.551. The number of rotatable bonds is 3. The molecule has 0 aliphatic carbocycles. The van der Waals surface area contributed by atoms with Crippen molar-refractivity contribution in [2.75, 3.05) is 19.7 Å². The number of nitrogens with two attached hydrogens (primary N) is 1. The molecule has 6 heteroatoms. The molecule has 0 saturated carbocycles. The molecule has 2 rings (SSSR count). The molecule has 1 atom stereocenters. The Kier molecular flexibility index (Phi) is 4.54. The van der Waals surface area contributed by atoms with Gasteiger partial charge >= 0.3 is 0 Å². The molecule has 1 aliphatic heterocycles. The normalized spacial score (nSPS) is 19.4. The van der Waals surface area contributed by atoms with Gasteiger partial charge < -0.3 is 15.4 Å². The third kappa shape index (κ3) is 3.19. The molecule has 2 amide bonds. The van der Waals surface area contributed by atoms with Gasteiger partial charge in [0.1, 0.15) is 0 Å². The van der Waals surface area contributed by atoms with Crippen LogP contribution >= 0.6 is 11.6 Å². The van der Waals surface area contributed by atoms with E-state index in [1.165, 1.54) is 0 Å². The Morgan fingerprint density at radius 1 is 1.38 bits per heavy atom. The molecule has 1 heterocycles. The molecule has 0 aromatic heterocycles. The number of halogens is 1. The lowest BCUT2D eigenvalue weighted by atomic mass is 9.83. The first-order valence-corrected chi connectivity index (χ1v) is 7.17. The van der Waals surface area contributed by atoms with Gasteiger partial charge in [-0.1, -0.05) is 29.8 Å². The van der Waals surface area contributed by atoms with Gasteiger partial charge in [0.05, 0.1) is 18.6 Å². The third-order valence-corrected chi connectivity index (χ3v) is 4.08. The average molecular weight is 311 g/mol. The molecule has 0 radical (unpaired) electrons. The number of carbonyl (C=O) groups is 2. The second-order valence-corrected chi connectivity index (χ2v) is 6.03. The Bertz CT molecular complexity index is 560. The molecule has 5 nitrogen and oxygen atoms in total. The fraction of sp³-hybridized carbons (Fsp3) is 0.467. The van der Waals surface area contributed by atoms with Crippen LogP contribution in [-0.4, -0.2) is 42.5 Å². The maximum Gasteiger partial charge on any atom is 0.248 e. The molecule has 0 unspecified atom stereocenters. The van der Waals surface area contributed by atoms with Gasteiger partial charge in [-0.3, -0.25) is 9.59 Å². The van der Waals surface area contributed by atoms with Crippen LogP contribution in [0.1, 0.15) is 19.4 Å². The first-order valence-electron chi connectivity index (χ1n) is 6.79. The Morgan fingerprint density at radius 3 is 2.67 bits per heavy atom. The predicted octanol–water partition coefficient (Wildman–Crippen LogP) is 1.33. The number of nitrogens with zero attached hydrogens (tertiary/aromatic N) is 1. The molecule has 114 valence electrons. The van der Waals surface area contributed by atoms with Gasteiger partial charge in [0, 0.05) is 11.6 Å². The van der Waals surface area contributed by atoms with Crippen molar-refractivity contribution >= 4 is 23.4 Å². The highest BCUT2D eigenvalue weighted by molar-refractivity contribution is 6.31. The van der Waals surface area contributed by atoms with Gasteiger partial charge in [-0.2, -0.15) is 0 Å². The largest absolute Gasteiger partial charge is 0.367 e. The third-order valence-electron chi connectivity index (χ3n) is 3.75. The fourth-order valence-corrected chi connectivity index (χ4v) is 2.86. The molecule has 1 aliphatic rings. The fourth-order valence-electron chi connectivity index (χ4n) is 2.48. The second kappa shape index (κ2) is 6.03. The van der Waals surface area contributed by atoms with Gasteiger partial charge in [-0.15, -0.1) is 0 Å². The molecular formula is C15H19ClN2O3. The van der Waals surface area contributed by atoms with Crippen molar-refractivity contribution in [1.29, 1.82) is 0 Å². The van der Waals surface area contributed by atoms with E-state index in [-0.39, 0.29) is 12.5 Å². The number of hydrogen-bond acceptors (Lipinski definition) is 3. The number of benzene rings is 1. The van der Waals surface area contributed by atoms with Crippen LogP contribution in [0.4, 0.5) is 0 Å². The van der Waals surface area contributed by atoms with Crippen LogP contribution in [0, 0.1) is 0 Å². The lowest BCUT2D eigenvalue weighted by molar-refractivity contribution is -0.148. The van der Waals surface area contributed by atoms with Crippen LogP contribution < -0.4 is 5.73 Å². The summed E-state index contributed by atoms with van der Waals surface area (Å²) in [7, 11) is 0. The van der Waals surface area contributed by atoms with Crippen LogP contribution in [0.15, 0.2) is 24.3 Å². The van der Waals surface area contributed by atoms with E-state index in [2.05, 4.69) is 0 Å². The first kappa shape index (κ1) is 15.8. The number of ether oxygens (including phenoxy) is 1. The zero-order chi connectivity index (χ0) is 15.6. The molecule has 1 fully saturated rings. The minimum atomic E-state index is -0.780. The predicted molar refractivity (Wildman–Crippen MR) is 80.0 cm³/mol. The summed E-state index contributed by atoms with van der Waals surface area (Å²) in [5.74, 6) is -0.645. The van der Waals surface area contributed by atoms with E-state index in [1.807, 2.05) is 32.0 Å². The summed E-state index contributed by atoms with van der Waals surface area (Å²) in [6, 6.07) is 7.27. The van der Waals surface area contributed by atoms with Crippen LogP contribution in [0.2, 0.25) is 5.02 Å². The maximum atomic E-state index is 12.8. The van der Waals surface area contributed by atoms with Crippen molar-refractivity contribution in [1.82, 2.24) is 4.90 Å². The summed E-state index contributed by atoms with van der Waals surface area (Å²) < 4.78 is 5.27. The molecular weight excluding hydrogens is 292 g/mol. The summed E-state index contributed by atoms with van der Waals surface area (Å²) in [6.07, 6.45) is -0.746. The SMILES string of the molecule is CC(C)(C(=O)N1CCO[C@H](C(N)=O)C1)c1ccccc1Cl. The zero-order valence-corrected chi connectivity index (χ0v) is 12.9. The summed E-state index contributed by atoms with van der Waals surface area (Å²) in [6.45, 7) is 4.58. The summed E-state index contributed by atoms with van der Waals surface area (Å²) in [4.78, 5) is 25.6. The number of carbonyl (C=O) groups excluding carboxylic acids is 2. The molecule has 1 saturated heterocycles. The van der Waals surface area contributed by atoms with Gasteiger partial charge in [0.15, 0.2) is 6.10 Å². The van der Waals surface area contributed by atoms with Crippen LogP contribution in [0.25, 0.3) is 0 Å². The minimum Gasteiger partial charge on any atom is -0.367 e. The Labute approximate surface area is 129 Å².